The number of amides is 1. The Balaban J connectivity index is 1.74. The molecule has 0 aliphatic rings. The molecular weight excluding hydrogens is 480 g/mol. The zero-order valence-electron chi connectivity index (χ0n) is 19.9. The number of nitrogens with zero attached hydrogens (tertiary/aromatic N) is 1. The Morgan fingerprint density at radius 3 is 2.19 bits per heavy atom. The number of halogens is 1. The second-order valence-electron chi connectivity index (χ2n) is 7.95. The van der Waals surface area contributed by atoms with Crippen molar-refractivity contribution in [3.05, 3.63) is 99.3 Å². The largest absolute Gasteiger partial charge is 0.494 e. The number of carbonyl (C=O) groups excluding carboxylic acids is 2. The van der Waals surface area contributed by atoms with Crippen molar-refractivity contribution in [2.75, 3.05) is 18.5 Å². The van der Waals surface area contributed by atoms with E-state index in [0.29, 0.717) is 46.5 Å². The number of benzene rings is 3. The third-order valence-electron chi connectivity index (χ3n) is 5.48. The Bertz CT molecular complexity index is 1460. The van der Waals surface area contributed by atoms with E-state index in [-0.39, 0.29) is 23.4 Å². The number of ether oxygens (including phenoxy) is 2. The molecule has 36 heavy (non-hydrogen) atoms. The monoisotopic (exact) mass is 504 g/mol. The predicted octanol–water partition coefficient (Wildman–Crippen LogP) is 5.32. The van der Waals surface area contributed by atoms with Crippen molar-refractivity contribution < 1.29 is 19.1 Å². The molecular formula is C28H25ClN2O5. The van der Waals surface area contributed by atoms with Crippen LogP contribution in [0.25, 0.3) is 10.9 Å². The zero-order chi connectivity index (χ0) is 25.7. The summed E-state index contributed by atoms with van der Waals surface area (Å²) >= 11 is 5.92. The molecule has 0 atom stereocenters. The lowest BCUT2D eigenvalue weighted by Gasteiger charge is -2.15. The average Bonchev–Trinajstić information content (AvgIpc) is 2.87. The second-order valence-corrected chi connectivity index (χ2v) is 8.39. The van der Waals surface area contributed by atoms with E-state index in [4.69, 9.17) is 21.1 Å². The smallest absolute Gasteiger partial charge is 0.244 e. The average molecular weight is 505 g/mol. The number of ketones is 1. The lowest BCUT2D eigenvalue weighted by molar-refractivity contribution is -0.116. The molecule has 4 rings (SSSR count). The SMILES string of the molecule is CCOc1ccc(C(=O)c2cn(CC(=O)Nc3ccc(Cl)cc3)c3ccc(OCC)cc3c2=O)cc1. The molecule has 1 N–H and O–H groups in total. The van der Waals surface area contributed by atoms with Gasteiger partial charge in [0, 0.05) is 22.5 Å². The Morgan fingerprint density at radius 2 is 1.53 bits per heavy atom. The van der Waals surface area contributed by atoms with E-state index in [1.54, 1.807) is 71.3 Å². The third kappa shape index (κ3) is 5.58. The molecule has 0 radical (unpaired) electrons. The number of anilines is 1. The van der Waals surface area contributed by atoms with Crippen LogP contribution < -0.4 is 20.2 Å². The molecule has 0 spiro atoms. The number of aromatic nitrogens is 1. The van der Waals surface area contributed by atoms with Gasteiger partial charge in [-0.05, 0) is 80.6 Å². The summed E-state index contributed by atoms with van der Waals surface area (Å²) in [5, 5.41) is 3.65. The second kappa shape index (κ2) is 11.1. The van der Waals surface area contributed by atoms with Gasteiger partial charge in [0.05, 0.1) is 29.7 Å². The van der Waals surface area contributed by atoms with Crippen LogP contribution in [0.4, 0.5) is 5.69 Å². The highest BCUT2D eigenvalue weighted by atomic mass is 35.5. The van der Waals surface area contributed by atoms with E-state index < -0.39 is 11.2 Å². The zero-order valence-corrected chi connectivity index (χ0v) is 20.7. The van der Waals surface area contributed by atoms with Crippen LogP contribution in [0.2, 0.25) is 5.02 Å². The van der Waals surface area contributed by atoms with Crippen LogP contribution in [0, 0.1) is 0 Å². The van der Waals surface area contributed by atoms with E-state index in [1.807, 2.05) is 13.8 Å². The summed E-state index contributed by atoms with van der Waals surface area (Å²) in [5.41, 5.74) is 0.962. The summed E-state index contributed by atoms with van der Waals surface area (Å²) in [4.78, 5) is 39.6. The lowest BCUT2D eigenvalue weighted by Crippen LogP contribution is -2.24. The van der Waals surface area contributed by atoms with Gasteiger partial charge >= 0.3 is 0 Å². The molecule has 0 fully saturated rings. The highest BCUT2D eigenvalue weighted by Crippen LogP contribution is 2.22. The van der Waals surface area contributed by atoms with Crippen LogP contribution in [0.3, 0.4) is 0 Å². The van der Waals surface area contributed by atoms with E-state index in [9.17, 15) is 14.4 Å². The Hall–Kier alpha value is -4.10. The van der Waals surface area contributed by atoms with Gasteiger partial charge in [0.1, 0.15) is 18.0 Å². The lowest BCUT2D eigenvalue weighted by atomic mass is 10.0. The molecule has 1 aromatic heterocycles. The van der Waals surface area contributed by atoms with Crippen LogP contribution in [-0.4, -0.2) is 29.5 Å². The number of pyridine rings is 1. The first kappa shape index (κ1) is 25.0. The number of hydrogen-bond acceptors (Lipinski definition) is 5. The Kier molecular flexibility index (Phi) is 7.71. The maximum atomic E-state index is 13.4. The number of fused-ring (bicyclic) bond motifs is 1. The summed E-state index contributed by atoms with van der Waals surface area (Å²) in [6.45, 7) is 4.53. The molecule has 0 aliphatic heterocycles. The molecule has 0 saturated carbocycles. The highest BCUT2D eigenvalue weighted by Gasteiger charge is 2.19. The fourth-order valence-corrected chi connectivity index (χ4v) is 3.96. The van der Waals surface area contributed by atoms with Crippen molar-refractivity contribution in [1.82, 2.24) is 4.57 Å². The first-order valence-corrected chi connectivity index (χ1v) is 11.9. The van der Waals surface area contributed by atoms with Crippen molar-refractivity contribution in [2.24, 2.45) is 0 Å². The summed E-state index contributed by atoms with van der Waals surface area (Å²) in [6, 6.07) is 18.4. The van der Waals surface area contributed by atoms with Crippen LogP contribution in [0.1, 0.15) is 29.8 Å². The molecule has 1 amide bonds. The van der Waals surface area contributed by atoms with E-state index in [2.05, 4.69) is 5.32 Å². The molecule has 1 heterocycles. The first-order valence-electron chi connectivity index (χ1n) is 11.5. The molecule has 0 bridgehead atoms. The molecule has 4 aromatic rings. The van der Waals surface area contributed by atoms with E-state index >= 15 is 0 Å². The molecule has 8 heteroatoms. The van der Waals surface area contributed by atoms with Crippen molar-refractivity contribution in [1.29, 1.82) is 0 Å². The van der Waals surface area contributed by atoms with Crippen molar-refractivity contribution in [3.63, 3.8) is 0 Å². The fourth-order valence-electron chi connectivity index (χ4n) is 3.84. The molecule has 184 valence electrons. The van der Waals surface area contributed by atoms with E-state index in [0.717, 1.165) is 0 Å². The number of nitrogens with one attached hydrogen (secondary N) is 1. The Labute approximate surface area is 213 Å². The summed E-state index contributed by atoms with van der Waals surface area (Å²) < 4.78 is 12.6. The Morgan fingerprint density at radius 1 is 0.889 bits per heavy atom. The molecule has 7 nitrogen and oxygen atoms in total. The third-order valence-corrected chi connectivity index (χ3v) is 5.73. The number of rotatable bonds is 9. The van der Waals surface area contributed by atoms with Crippen LogP contribution in [-0.2, 0) is 11.3 Å². The minimum absolute atomic E-state index is 0.0420. The van der Waals surface area contributed by atoms with Gasteiger partial charge in [0.25, 0.3) is 0 Å². The van der Waals surface area contributed by atoms with Gasteiger partial charge in [-0.25, -0.2) is 0 Å². The van der Waals surface area contributed by atoms with Crippen LogP contribution >= 0.6 is 11.6 Å². The van der Waals surface area contributed by atoms with Gasteiger partial charge in [-0.3, -0.25) is 14.4 Å². The standard InChI is InChI=1S/C28H25ClN2O5/c1-3-35-21-11-5-18(6-12-21)27(33)24-16-31(17-26(32)30-20-9-7-19(29)8-10-20)25-14-13-22(36-4-2)15-23(25)28(24)34/h5-16H,3-4,17H2,1-2H3,(H,30,32). The molecule has 0 saturated heterocycles. The van der Waals surface area contributed by atoms with E-state index in [1.165, 1.54) is 6.20 Å². The van der Waals surface area contributed by atoms with Gasteiger partial charge in [0.2, 0.25) is 11.3 Å². The first-order chi connectivity index (χ1) is 17.4. The molecule has 3 aromatic carbocycles. The maximum absolute atomic E-state index is 13.4. The highest BCUT2D eigenvalue weighted by molar-refractivity contribution is 6.30. The summed E-state index contributed by atoms with van der Waals surface area (Å²) in [6.07, 6.45) is 1.44. The van der Waals surface area contributed by atoms with Gasteiger partial charge in [-0.2, -0.15) is 0 Å². The fraction of sp³-hybridized carbons (Fsp3) is 0.179. The molecule has 0 aliphatic carbocycles. The predicted molar refractivity (Wildman–Crippen MR) is 141 cm³/mol. The normalized spacial score (nSPS) is 10.8. The minimum atomic E-state index is -0.446. The van der Waals surface area contributed by atoms with Gasteiger partial charge in [-0.15, -0.1) is 0 Å². The summed E-state index contributed by atoms with van der Waals surface area (Å²) in [7, 11) is 0. The van der Waals surface area contributed by atoms with Gasteiger partial charge in [0.15, 0.2) is 5.78 Å². The number of carbonyl (C=O) groups is 2. The van der Waals surface area contributed by atoms with Crippen LogP contribution in [0.5, 0.6) is 11.5 Å². The summed E-state index contributed by atoms with van der Waals surface area (Å²) in [5.74, 6) is 0.365. The van der Waals surface area contributed by atoms with Crippen molar-refractivity contribution in [2.45, 2.75) is 20.4 Å². The van der Waals surface area contributed by atoms with Crippen molar-refractivity contribution in [3.8, 4) is 11.5 Å². The molecule has 0 unspecified atom stereocenters. The van der Waals surface area contributed by atoms with Crippen molar-refractivity contribution >= 4 is 39.9 Å². The van der Waals surface area contributed by atoms with Gasteiger partial charge < -0.3 is 19.4 Å². The topological polar surface area (TPSA) is 86.6 Å². The van der Waals surface area contributed by atoms with Gasteiger partial charge in [-0.1, -0.05) is 11.6 Å². The van der Waals surface area contributed by atoms with Crippen LogP contribution in [0.15, 0.2) is 77.7 Å². The minimum Gasteiger partial charge on any atom is -0.494 e. The number of hydrogen-bond donors (Lipinski definition) is 1. The quantitative estimate of drug-likeness (QED) is 0.312. The maximum Gasteiger partial charge on any atom is 0.244 e.